The second-order valence-electron chi connectivity index (χ2n) is 7.57. The van der Waals surface area contributed by atoms with Crippen LogP contribution in [0.4, 0.5) is 0 Å². The van der Waals surface area contributed by atoms with Crippen molar-refractivity contribution in [3.05, 3.63) is 65.2 Å². The van der Waals surface area contributed by atoms with Crippen molar-refractivity contribution in [1.82, 2.24) is 4.90 Å². The van der Waals surface area contributed by atoms with Gasteiger partial charge in [0.2, 0.25) is 0 Å². The summed E-state index contributed by atoms with van der Waals surface area (Å²) in [6.07, 6.45) is 5.15. The van der Waals surface area contributed by atoms with Gasteiger partial charge in [-0.1, -0.05) is 36.4 Å². The van der Waals surface area contributed by atoms with Crippen molar-refractivity contribution >= 4 is 11.4 Å². The van der Waals surface area contributed by atoms with E-state index in [2.05, 4.69) is 41.3 Å². The quantitative estimate of drug-likeness (QED) is 0.781. The summed E-state index contributed by atoms with van der Waals surface area (Å²) in [6, 6.07) is 14.4. The summed E-state index contributed by atoms with van der Waals surface area (Å²) < 4.78 is 10.8. The van der Waals surface area contributed by atoms with Crippen molar-refractivity contribution in [2.24, 2.45) is 5.92 Å². The summed E-state index contributed by atoms with van der Waals surface area (Å²) >= 11 is 0. The smallest absolute Gasteiger partial charge is 0.167 e. The van der Waals surface area contributed by atoms with Crippen molar-refractivity contribution in [1.29, 1.82) is 0 Å². The summed E-state index contributed by atoms with van der Waals surface area (Å²) in [5, 5.41) is 0. The second-order valence-corrected chi connectivity index (χ2v) is 7.57. The van der Waals surface area contributed by atoms with E-state index >= 15 is 0 Å². The van der Waals surface area contributed by atoms with Crippen LogP contribution in [0, 0.1) is 5.92 Å². The van der Waals surface area contributed by atoms with Crippen LogP contribution in [0.15, 0.2) is 48.5 Å². The Hall–Kier alpha value is -2.59. The summed E-state index contributed by atoms with van der Waals surface area (Å²) in [7, 11) is 3.24. The Labute approximate surface area is 166 Å². The zero-order valence-corrected chi connectivity index (χ0v) is 16.6. The van der Waals surface area contributed by atoms with E-state index in [1.54, 1.807) is 14.2 Å². The molecule has 0 fully saturated rings. The minimum Gasteiger partial charge on any atom is -0.493 e. The highest BCUT2D eigenvalue weighted by Gasteiger charge is 2.30. The van der Waals surface area contributed by atoms with E-state index in [-0.39, 0.29) is 11.7 Å². The normalized spacial score (nSPS) is 19.7. The lowest BCUT2D eigenvalue weighted by molar-refractivity contribution is 0.0862. The monoisotopic (exact) mass is 377 g/mol. The van der Waals surface area contributed by atoms with Crippen molar-refractivity contribution in [2.45, 2.75) is 19.3 Å². The Morgan fingerprint density at radius 2 is 1.79 bits per heavy atom. The third-order valence-corrected chi connectivity index (χ3v) is 5.92. The first-order valence-electron chi connectivity index (χ1n) is 9.95. The fraction of sp³-hybridized carbons (Fsp3) is 0.375. The van der Waals surface area contributed by atoms with Gasteiger partial charge in [-0.2, -0.15) is 0 Å². The molecule has 2 aromatic carbocycles. The molecule has 0 saturated heterocycles. The molecule has 146 valence electrons. The number of rotatable bonds is 5. The largest absolute Gasteiger partial charge is 0.493 e. The maximum Gasteiger partial charge on any atom is 0.167 e. The van der Waals surface area contributed by atoms with Gasteiger partial charge in [0, 0.05) is 31.1 Å². The van der Waals surface area contributed by atoms with Gasteiger partial charge in [-0.05, 0) is 48.1 Å². The zero-order chi connectivity index (χ0) is 19.5. The minimum atomic E-state index is 0.0530. The zero-order valence-electron chi connectivity index (χ0n) is 16.6. The number of Topliss-reactive ketones (excluding diaryl/α,β-unsaturated/α-hetero) is 1. The summed E-state index contributed by atoms with van der Waals surface area (Å²) in [5.74, 6) is 1.61. The molecule has 4 heteroatoms. The molecule has 28 heavy (non-hydrogen) atoms. The average Bonchev–Trinajstić information content (AvgIpc) is 2.76. The average molecular weight is 377 g/mol. The van der Waals surface area contributed by atoms with Gasteiger partial charge in [-0.25, -0.2) is 0 Å². The van der Waals surface area contributed by atoms with Gasteiger partial charge in [-0.15, -0.1) is 0 Å². The first-order valence-corrected chi connectivity index (χ1v) is 9.95. The highest BCUT2D eigenvalue weighted by atomic mass is 16.5. The van der Waals surface area contributed by atoms with Crippen LogP contribution in [0.1, 0.15) is 34.3 Å². The maximum atomic E-state index is 13.1. The Morgan fingerprint density at radius 1 is 1.04 bits per heavy atom. The number of hydrogen-bond donors (Lipinski definition) is 0. The first kappa shape index (κ1) is 18.8. The van der Waals surface area contributed by atoms with Gasteiger partial charge < -0.3 is 9.47 Å². The Balaban J connectivity index is 1.45. The van der Waals surface area contributed by atoms with Crippen LogP contribution < -0.4 is 9.47 Å². The molecular weight excluding hydrogens is 350 g/mol. The molecule has 0 radical (unpaired) electrons. The molecule has 0 bridgehead atoms. The fourth-order valence-corrected chi connectivity index (χ4v) is 4.32. The van der Waals surface area contributed by atoms with Crippen molar-refractivity contribution in [2.75, 3.05) is 33.9 Å². The second kappa shape index (κ2) is 8.19. The van der Waals surface area contributed by atoms with Crippen molar-refractivity contribution < 1.29 is 14.3 Å². The summed E-state index contributed by atoms with van der Waals surface area (Å²) in [4.78, 5) is 15.5. The Morgan fingerprint density at radius 3 is 2.46 bits per heavy atom. The van der Waals surface area contributed by atoms with Crippen LogP contribution in [0.2, 0.25) is 0 Å². The lowest BCUT2D eigenvalue weighted by Gasteiger charge is -2.32. The number of methoxy groups -OCH3 is 2. The summed E-state index contributed by atoms with van der Waals surface area (Å²) in [5.41, 5.74) is 4.59. The number of fused-ring (bicyclic) bond motifs is 1. The number of benzene rings is 2. The van der Waals surface area contributed by atoms with E-state index in [1.165, 1.54) is 11.1 Å². The SMILES string of the molecule is COc1cc2c(cc1OC)C(=O)C(CN1CC=C(c3ccccc3)CC1)CC2. The van der Waals surface area contributed by atoms with Gasteiger partial charge in [0.25, 0.3) is 0 Å². The molecule has 0 spiro atoms. The molecule has 1 unspecified atom stereocenters. The Bertz CT molecular complexity index is 888. The van der Waals surface area contributed by atoms with Crippen molar-refractivity contribution in [3.63, 3.8) is 0 Å². The summed E-state index contributed by atoms with van der Waals surface area (Å²) in [6.45, 7) is 2.74. The van der Waals surface area contributed by atoms with Gasteiger partial charge in [0.15, 0.2) is 17.3 Å². The number of carbonyl (C=O) groups excluding carboxylic acids is 1. The molecule has 1 atom stereocenters. The van der Waals surface area contributed by atoms with Crippen LogP contribution >= 0.6 is 0 Å². The molecule has 1 heterocycles. The van der Waals surface area contributed by atoms with E-state index in [4.69, 9.17) is 9.47 Å². The maximum absolute atomic E-state index is 13.1. The van der Waals surface area contributed by atoms with E-state index in [0.717, 1.165) is 50.0 Å². The number of nitrogens with zero attached hydrogens (tertiary/aromatic N) is 1. The molecule has 0 aromatic heterocycles. The van der Waals surface area contributed by atoms with E-state index in [0.29, 0.717) is 11.5 Å². The van der Waals surface area contributed by atoms with E-state index < -0.39 is 0 Å². The van der Waals surface area contributed by atoms with Crippen LogP contribution in [0.3, 0.4) is 0 Å². The molecular formula is C24H27NO3. The minimum absolute atomic E-state index is 0.0530. The first-order chi connectivity index (χ1) is 13.7. The number of carbonyl (C=O) groups is 1. The van der Waals surface area contributed by atoms with Gasteiger partial charge in [0.1, 0.15) is 0 Å². The van der Waals surface area contributed by atoms with E-state index in [9.17, 15) is 4.79 Å². The Kier molecular flexibility index (Phi) is 5.49. The molecule has 4 rings (SSSR count). The molecule has 0 N–H and O–H groups in total. The predicted octanol–water partition coefficient (Wildman–Crippen LogP) is 4.24. The van der Waals surface area contributed by atoms with Crippen molar-refractivity contribution in [3.8, 4) is 11.5 Å². The highest BCUT2D eigenvalue weighted by molar-refractivity contribution is 6.01. The van der Waals surface area contributed by atoms with E-state index in [1.807, 2.05) is 12.1 Å². The number of hydrogen-bond acceptors (Lipinski definition) is 4. The van der Waals surface area contributed by atoms with Crippen LogP contribution in [0.5, 0.6) is 11.5 Å². The van der Waals surface area contributed by atoms with Gasteiger partial charge >= 0.3 is 0 Å². The van der Waals surface area contributed by atoms with Crippen LogP contribution in [-0.4, -0.2) is 44.5 Å². The molecule has 2 aromatic rings. The lowest BCUT2D eigenvalue weighted by Crippen LogP contribution is -2.38. The third-order valence-electron chi connectivity index (χ3n) is 5.92. The predicted molar refractivity (Wildman–Crippen MR) is 111 cm³/mol. The fourth-order valence-electron chi connectivity index (χ4n) is 4.32. The van der Waals surface area contributed by atoms with Crippen LogP contribution in [-0.2, 0) is 6.42 Å². The number of ether oxygens (including phenoxy) is 2. The molecule has 1 aliphatic carbocycles. The molecule has 2 aliphatic rings. The molecule has 1 aliphatic heterocycles. The third kappa shape index (κ3) is 3.69. The lowest BCUT2D eigenvalue weighted by atomic mass is 9.82. The topological polar surface area (TPSA) is 38.8 Å². The number of aryl methyl sites for hydroxylation is 1. The molecule has 4 nitrogen and oxygen atoms in total. The molecule has 0 amide bonds. The van der Waals surface area contributed by atoms with Gasteiger partial charge in [0.05, 0.1) is 14.2 Å². The standard InChI is InChI=1S/C24H27NO3/c1-27-22-14-19-8-9-20(24(26)21(19)15-23(22)28-2)16-25-12-10-18(11-13-25)17-6-4-3-5-7-17/h3-7,10,14-15,20H,8-9,11-13,16H2,1-2H3. The van der Waals surface area contributed by atoms with Gasteiger partial charge in [-0.3, -0.25) is 9.69 Å². The molecule has 0 saturated carbocycles. The highest BCUT2D eigenvalue weighted by Crippen LogP contribution is 2.36. The van der Waals surface area contributed by atoms with Crippen LogP contribution in [0.25, 0.3) is 5.57 Å². The number of ketones is 1.